The fourth-order valence-electron chi connectivity index (χ4n) is 1.51. The lowest BCUT2D eigenvalue weighted by molar-refractivity contribution is -0.116. The Bertz CT molecular complexity index is 526. The SMILES string of the molecule is C=C(C)COCCNC(=O)/C=C/c1ccc(OC)c(F)c1. The molecule has 1 amide bonds. The highest BCUT2D eigenvalue weighted by Crippen LogP contribution is 2.18. The summed E-state index contributed by atoms with van der Waals surface area (Å²) < 4.78 is 23.5. The molecule has 114 valence electrons. The summed E-state index contributed by atoms with van der Waals surface area (Å²) in [7, 11) is 1.40. The van der Waals surface area contributed by atoms with Crippen LogP contribution in [0.2, 0.25) is 0 Å². The van der Waals surface area contributed by atoms with Gasteiger partial charge < -0.3 is 14.8 Å². The summed E-state index contributed by atoms with van der Waals surface area (Å²) in [5, 5.41) is 2.66. The second-order valence-corrected chi connectivity index (χ2v) is 4.53. The first-order valence-electron chi connectivity index (χ1n) is 6.54. The Balaban J connectivity index is 2.36. The van der Waals surface area contributed by atoms with Crippen molar-refractivity contribution in [1.82, 2.24) is 5.32 Å². The molecule has 0 atom stereocenters. The van der Waals surface area contributed by atoms with Gasteiger partial charge in [-0.2, -0.15) is 0 Å². The number of ether oxygens (including phenoxy) is 2. The van der Waals surface area contributed by atoms with Gasteiger partial charge in [0.15, 0.2) is 11.6 Å². The Morgan fingerprint density at radius 2 is 2.24 bits per heavy atom. The lowest BCUT2D eigenvalue weighted by atomic mass is 10.2. The monoisotopic (exact) mass is 293 g/mol. The number of benzene rings is 1. The molecular formula is C16H20FNO3. The number of rotatable bonds is 8. The van der Waals surface area contributed by atoms with Gasteiger partial charge in [0.25, 0.3) is 0 Å². The zero-order valence-electron chi connectivity index (χ0n) is 12.3. The zero-order valence-corrected chi connectivity index (χ0v) is 12.3. The molecule has 0 radical (unpaired) electrons. The Kier molecular flexibility index (Phi) is 7.18. The van der Waals surface area contributed by atoms with Crippen LogP contribution in [0.3, 0.4) is 0 Å². The molecule has 1 N–H and O–H groups in total. The van der Waals surface area contributed by atoms with E-state index < -0.39 is 5.82 Å². The van der Waals surface area contributed by atoms with Gasteiger partial charge in [0.05, 0.1) is 20.3 Å². The third kappa shape index (κ3) is 6.72. The summed E-state index contributed by atoms with van der Waals surface area (Å²) in [4.78, 5) is 11.5. The number of nitrogens with one attached hydrogen (secondary N) is 1. The molecule has 1 aromatic carbocycles. The summed E-state index contributed by atoms with van der Waals surface area (Å²) in [6.45, 7) is 6.89. The van der Waals surface area contributed by atoms with E-state index in [1.54, 1.807) is 6.07 Å². The molecule has 0 saturated carbocycles. The molecule has 21 heavy (non-hydrogen) atoms. The van der Waals surface area contributed by atoms with Crippen LogP contribution < -0.4 is 10.1 Å². The average molecular weight is 293 g/mol. The number of carbonyl (C=O) groups excluding carboxylic acids is 1. The minimum atomic E-state index is -0.465. The summed E-state index contributed by atoms with van der Waals surface area (Å²) in [6.07, 6.45) is 2.88. The lowest BCUT2D eigenvalue weighted by Crippen LogP contribution is -2.25. The van der Waals surface area contributed by atoms with Crippen molar-refractivity contribution in [1.29, 1.82) is 0 Å². The van der Waals surface area contributed by atoms with Crippen molar-refractivity contribution in [2.24, 2.45) is 0 Å². The van der Waals surface area contributed by atoms with Gasteiger partial charge in [-0.15, -0.1) is 0 Å². The number of hydrogen-bond donors (Lipinski definition) is 1. The maximum atomic E-state index is 13.4. The third-order valence-electron chi connectivity index (χ3n) is 2.50. The Morgan fingerprint density at radius 3 is 2.86 bits per heavy atom. The summed E-state index contributed by atoms with van der Waals surface area (Å²) >= 11 is 0. The lowest BCUT2D eigenvalue weighted by Gasteiger charge is -2.04. The molecule has 0 fully saturated rings. The second kappa shape index (κ2) is 8.92. The topological polar surface area (TPSA) is 47.6 Å². The fourth-order valence-corrected chi connectivity index (χ4v) is 1.51. The molecule has 0 aromatic heterocycles. The minimum absolute atomic E-state index is 0.172. The molecule has 0 unspecified atom stereocenters. The highest BCUT2D eigenvalue weighted by Gasteiger charge is 2.02. The Morgan fingerprint density at radius 1 is 1.48 bits per heavy atom. The van der Waals surface area contributed by atoms with Gasteiger partial charge >= 0.3 is 0 Å². The molecule has 0 aliphatic carbocycles. The Labute approximate surface area is 124 Å². The maximum absolute atomic E-state index is 13.4. The molecule has 0 heterocycles. The fraction of sp³-hybridized carbons (Fsp3) is 0.312. The van der Waals surface area contributed by atoms with Crippen LogP contribution >= 0.6 is 0 Å². The van der Waals surface area contributed by atoms with Crippen molar-refractivity contribution in [2.45, 2.75) is 6.92 Å². The molecule has 1 rings (SSSR count). The molecular weight excluding hydrogens is 273 g/mol. The highest BCUT2D eigenvalue weighted by atomic mass is 19.1. The van der Waals surface area contributed by atoms with E-state index >= 15 is 0 Å². The number of halogens is 1. The first kappa shape index (κ1) is 16.9. The van der Waals surface area contributed by atoms with Crippen LogP contribution in [0.4, 0.5) is 4.39 Å². The minimum Gasteiger partial charge on any atom is -0.494 e. The van der Waals surface area contributed by atoms with Crippen LogP contribution in [-0.4, -0.2) is 32.8 Å². The van der Waals surface area contributed by atoms with Gasteiger partial charge in [-0.1, -0.05) is 18.2 Å². The van der Waals surface area contributed by atoms with Crippen LogP contribution in [0.5, 0.6) is 5.75 Å². The predicted octanol–water partition coefficient (Wildman–Crippen LogP) is 2.56. The van der Waals surface area contributed by atoms with Gasteiger partial charge in [-0.05, 0) is 30.7 Å². The van der Waals surface area contributed by atoms with Crippen molar-refractivity contribution >= 4 is 12.0 Å². The first-order chi connectivity index (χ1) is 10.0. The van der Waals surface area contributed by atoms with Crippen molar-refractivity contribution in [2.75, 3.05) is 26.9 Å². The van der Waals surface area contributed by atoms with E-state index in [2.05, 4.69) is 11.9 Å². The molecule has 0 spiro atoms. The molecule has 0 aliphatic rings. The van der Waals surface area contributed by atoms with Crippen LogP contribution in [0, 0.1) is 5.82 Å². The summed E-state index contributed by atoms with van der Waals surface area (Å²) in [5.41, 5.74) is 1.52. The van der Waals surface area contributed by atoms with Crippen LogP contribution in [0.15, 0.2) is 36.4 Å². The maximum Gasteiger partial charge on any atom is 0.244 e. The summed E-state index contributed by atoms with van der Waals surface area (Å²) in [5.74, 6) is -0.551. The number of hydrogen-bond acceptors (Lipinski definition) is 3. The van der Waals surface area contributed by atoms with Gasteiger partial charge in [0.2, 0.25) is 5.91 Å². The quantitative estimate of drug-likeness (QED) is 0.455. The van der Waals surface area contributed by atoms with E-state index in [0.29, 0.717) is 25.3 Å². The van der Waals surface area contributed by atoms with Gasteiger partial charge in [-0.3, -0.25) is 4.79 Å². The largest absolute Gasteiger partial charge is 0.494 e. The molecule has 0 saturated heterocycles. The number of methoxy groups -OCH3 is 1. The van der Waals surface area contributed by atoms with Crippen molar-refractivity contribution < 1.29 is 18.7 Å². The van der Waals surface area contributed by atoms with Gasteiger partial charge in [0, 0.05) is 12.6 Å². The second-order valence-electron chi connectivity index (χ2n) is 4.53. The standard InChI is InChI=1S/C16H20FNO3/c1-12(2)11-21-9-8-18-16(19)7-5-13-4-6-15(20-3)14(17)10-13/h4-7,10H,1,8-9,11H2,2-3H3,(H,18,19)/b7-5+. The normalized spacial score (nSPS) is 10.6. The Hall–Kier alpha value is -2.14. The number of carbonyl (C=O) groups is 1. The van der Waals surface area contributed by atoms with E-state index in [9.17, 15) is 9.18 Å². The van der Waals surface area contributed by atoms with Crippen molar-refractivity contribution in [3.8, 4) is 5.75 Å². The van der Waals surface area contributed by atoms with E-state index in [4.69, 9.17) is 9.47 Å². The van der Waals surface area contributed by atoms with E-state index in [0.717, 1.165) is 5.57 Å². The molecule has 1 aromatic rings. The first-order valence-corrected chi connectivity index (χ1v) is 6.54. The molecule has 5 heteroatoms. The van der Waals surface area contributed by atoms with Crippen LogP contribution in [0.25, 0.3) is 6.08 Å². The van der Waals surface area contributed by atoms with E-state index in [1.807, 2.05) is 6.92 Å². The number of amides is 1. The van der Waals surface area contributed by atoms with E-state index in [-0.39, 0.29) is 11.7 Å². The molecule has 4 nitrogen and oxygen atoms in total. The van der Waals surface area contributed by atoms with Crippen molar-refractivity contribution in [3.05, 3.63) is 47.8 Å². The predicted molar refractivity (Wildman–Crippen MR) is 80.6 cm³/mol. The van der Waals surface area contributed by atoms with E-state index in [1.165, 1.54) is 31.4 Å². The summed E-state index contributed by atoms with van der Waals surface area (Å²) in [6, 6.07) is 4.48. The van der Waals surface area contributed by atoms with Crippen molar-refractivity contribution in [3.63, 3.8) is 0 Å². The average Bonchev–Trinajstić information content (AvgIpc) is 2.44. The van der Waals surface area contributed by atoms with Gasteiger partial charge in [-0.25, -0.2) is 4.39 Å². The van der Waals surface area contributed by atoms with Crippen LogP contribution in [-0.2, 0) is 9.53 Å². The zero-order chi connectivity index (χ0) is 15.7. The molecule has 0 aliphatic heterocycles. The van der Waals surface area contributed by atoms with Gasteiger partial charge in [0.1, 0.15) is 0 Å². The van der Waals surface area contributed by atoms with Crippen LogP contribution in [0.1, 0.15) is 12.5 Å². The molecule has 0 bridgehead atoms. The smallest absolute Gasteiger partial charge is 0.244 e. The highest BCUT2D eigenvalue weighted by molar-refractivity contribution is 5.91. The third-order valence-corrected chi connectivity index (χ3v) is 2.50.